The van der Waals surface area contributed by atoms with Gasteiger partial charge < -0.3 is 15.0 Å². The fourth-order valence-electron chi connectivity index (χ4n) is 2.78. The Morgan fingerprint density at radius 2 is 1.59 bits per heavy atom. The molecule has 5 nitrogen and oxygen atoms in total. The lowest BCUT2D eigenvalue weighted by molar-refractivity contribution is -0.131. The van der Waals surface area contributed by atoms with Crippen molar-refractivity contribution >= 4 is 11.8 Å². The van der Waals surface area contributed by atoms with Crippen molar-refractivity contribution in [3.05, 3.63) is 60.2 Å². The lowest BCUT2D eigenvalue weighted by atomic mass is 10.1. The second-order valence-corrected chi connectivity index (χ2v) is 6.22. The van der Waals surface area contributed by atoms with Crippen LogP contribution in [-0.4, -0.2) is 29.8 Å². The number of rotatable bonds is 10. The number of nitrogens with one attached hydrogen (secondary N) is 1. The lowest BCUT2D eigenvalue weighted by Crippen LogP contribution is -2.30. The van der Waals surface area contributed by atoms with E-state index in [0.717, 1.165) is 17.1 Å². The molecule has 0 atom stereocenters. The van der Waals surface area contributed by atoms with Gasteiger partial charge in [-0.3, -0.25) is 9.59 Å². The Kier molecular flexibility index (Phi) is 8.36. The van der Waals surface area contributed by atoms with Crippen LogP contribution in [0.25, 0.3) is 0 Å². The highest BCUT2D eigenvalue weighted by atomic mass is 16.5. The summed E-state index contributed by atoms with van der Waals surface area (Å²) in [6, 6.07) is 17.2. The first-order valence-electron chi connectivity index (χ1n) is 9.49. The number of para-hydroxylation sites is 2. The molecule has 2 amide bonds. The van der Waals surface area contributed by atoms with Crippen LogP contribution in [0.4, 0.5) is 0 Å². The van der Waals surface area contributed by atoms with E-state index in [1.807, 2.05) is 68.4 Å². The van der Waals surface area contributed by atoms with Gasteiger partial charge in [0.15, 0.2) is 0 Å². The summed E-state index contributed by atoms with van der Waals surface area (Å²) in [4.78, 5) is 25.8. The van der Waals surface area contributed by atoms with Crippen LogP contribution in [0.5, 0.6) is 11.5 Å². The summed E-state index contributed by atoms with van der Waals surface area (Å²) in [7, 11) is 0. The monoisotopic (exact) mass is 368 g/mol. The molecule has 0 unspecified atom stereocenters. The number of carbonyl (C=O) groups is 2. The van der Waals surface area contributed by atoms with Crippen molar-refractivity contribution in [2.75, 3.05) is 13.1 Å². The Hall–Kier alpha value is -2.82. The lowest BCUT2D eigenvalue weighted by Gasteiger charge is -2.18. The third-order valence-corrected chi connectivity index (χ3v) is 4.33. The van der Waals surface area contributed by atoms with Crippen molar-refractivity contribution < 1.29 is 14.3 Å². The summed E-state index contributed by atoms with van der Waals surface area (Å²) >= 11 is 0. The van der Waals surface area contributed by atoms with E-state index < -0.39 is 0 Å². The molecular formula is C22H28N2O3. The van der Waals surface area contributed by atoms with Crippen LogP contribution in [0.1, 0.15) is 38.7 Å². The molecule has 0 spiro atoms. The van der Waals surface area contributed by atoms with Gasteiger partial charge in [0, 0.05) is 38.0 Å². The summed E-state index contributed by atoms with van der Waals surface area (Å²) in [5.41, 5.74) is 0.911. The van der Waals surface area contributed by atoms with E-state index in [4.69, 9.17) is 4.74 Å². The van der Waals surface area contributed by atoms with Crippen molar-refractivity contribution in [3.8, 4) is 11.5 Å². The third kappa shape index (κ3) is 6.77. The minimum atomic E-state index is -0.0585. The molecule has 2 aromatic rings. The van der Waals surface area contributed by atoms with Crippen molar-refractivity contribution in [1.82, 2.24) is 10.2 Å². The molecule has 2 rings (SSSR count). The van der Waals surface area contributed by atoms with E-state index in [1.54, 1.807) is 4.90 Å². The van der Waals surface area contributed by atoms with Gasteiger partial charge in [-0.05, 0) is 38.5 Å². The van der Waals surface area contributed by atoms with E-state index in [0.29, 0.717) is 38.9 Å². The fraction of sp³-hybridized carbons (Fsp3) is 0.364. The van der Waals surface area contributed by atoms with Gasteiger partial charge in [0.2, 0.25) is 11.8 Å². The second kappa shape index (κ2) is 11.0. The number of carbonyl (C=O) groups excluding carboxylic acids is 2. The Balaban J connectivity index is 1.81. The summed E-state index contributed by atoms with van der Waals surface area (Å²) in [6.07, 6.45) is 1.31. The Morgan fingerprint density at radius 1 is 0.926 bits per heavy atom. The molecule has 0 radical (unpaired) electrons. The first-order chi connectivity index (χ1) is 13.1. The quantitative estimate of drug-likeness (QED) is 0.686. The van der Waals surface area contributed by atoms with Crippen LogP contribution in [0, 0.1) is 0 Å². The van der Waals surface area contributed by atoms with E-state index >= 15 is 0 Å². The second-order valence-electron chi connectivity index (χ2n) is 6.22. The molecule has 2 aromatic carbocycles. The molecule has 27 heavy (non-hydrogen) atoms. The Bertz CT molecular complexity index is 727. The molecule has 0 saturated carbocycles. The van der Waals surface area contributed by atoms with Crippen LogP contribution >= 0.6 is 0 Å². The number of amides is 2. The molecule has 0 fully saturated rings. The summed E-state index contributed by atoms with van der Waals surface area (Å²) in [6.45, 7) is 5.73. The molecular weight excluding hydrogens is 340 g/mol. The van der Waals surface area contributed by atoms with E-state index in [9.17, 15) is 9.59 Å². The molecule has 0 saturated heterocycles. The van der Waals surface area contributed by atoms with Crippen LogP contribution in [0.2, 0.25) is 0 Å². The number of hydrogen-bond acceptors (Lipinski definition) is 3. The van der Waals surface area contributed by atoms with Crippen molar-refractivity contribution in [1.29, 1.82) is 0 Å². The minimum Gasteiger partial charge on any atom is -0.457 e. The molecule has 0 aliphatic carbocycles. The van der Waals surface area contributed by atoms with Gasteiger partial charge in [-0.15, -0.1) is 0 Å². The van der Waals surface area contributed by atoms with Gasteiger partial charge in [0.25, 0.3) is 0 Å². The SMILES string of the molecule is CCN(CC)C(=O)CCCC(=O)NCc1ccccc1Oc1ccccc1. The summed E-state index contributed by atoms with van der Waals surface area (Å²) in [5, 5.41) is 2.91. The zero-order valence-electron chi connectivity index (χ0n) is 16.1. The van der Waals surface area contributed by atoms with Gasteiger partial charge in [-0.1, -0.05) is 36.4 Å². The van der Waals surface area contributed by atoms with E-state index in [2.05, 4.69) is 5.32 Å². The first kappa shape index (κ1) is 20.5. The zero-order valence-corrected chi connectivity index (χ0v) is 16.1. The topological polar surface area (TPSA) is 58.6 Å². The molecule has 1 N–H and O–H groups in total. The van der Waals surface area contributed by atoms with Crippen molar-refractivity contribution in [3.63, 3.8) is 0 Å². The molecule has 5 heteroatoms. The maximum absolute atomic E-state index is 12.1. The number of hydrogen-bond donors (Lipinski definition) is 1. The third-order valence-electron chi connectivity index (χ3n) is 4.33. The van der Waals surface area contributed by atoms with Gasteiger partial charge >= 0.3 is 0 Å². The number of benzene rings is 2. The fourth-order valence-corrected chi connectivity index (χ4v) is 2.78. The van der Waals surface area contributed by atoms with Gasteiger partial charge in [0.05, 0.1) is 0 Å². The predicted octanol–water partition coefficient (Wildman–Crippen LogP) is 4.13. The van der Waals surface area contributed by atoms with Gasteiger partial charge in [0.1, 0.15) is 11.5 Å². The van der Waals surface area contributed by atoms with Crippen molar-refractivity contribution in [2.24, 2.45) is 0 Å². The van der Waals surface area contributed by atoms with Crippen LogP contribution in [0.3, 0.4) is 0 Å². The molecule has 0 heterocycles. The summed E-state index contributed by atoms with van der Waals surface area (Å²) < 4.78 is 5.90. The number of ether oxygens (including phenoxy) is 1. The maximum atomic E-state index is 12.1. The van der Waals surface area contributed by atoms with E-state index in [1.165, 1.54) is 0 Å². The largest absolute Gasteiger partial charge is 0.457 e. The molecule has 0 aromatic heterocycles. The van der Waals surface area contributed by atoms with Gasteiger partial charge in [-0.25, -0.2) is 0 Å². The molecule has 0 aliphatic heterocycles. The molecule has 0 bridgehead atoms. The average Bonchev–Trinajstić information content (AvgIpc) is 2.69. The summed E-state index contributed by atoms with van der Waals surface area (Å²) in [5.74, 6) is 1.53. The maximum Gasteiger partial charge on any atom is 0.222 e. The van der Waals surface area contributed by atoms with Crippen LogP contribution in [0.15, 0.2) is 54.6 Å². The number of nitrogens with zero attached hydrogens (tertiary/aromatic N) is 1. The standard InChI is InChI=1S/C22H28N2O3/c1-3-24(4-2)22(26)16-10-15-21(25)23-17-18-11-8-9-14-20(18)27-19-12-6-5-7-13-19/h5-9,11-14H,3-4,10,15-17H2,1-2H3,(H,23,25). The predicted molar refractivity (Wildman–Crippen MR) is 107 cm³/mol. The molecule has 0 aliphatic rings. The smallest absolute Gasteiger partial charge is 0.222 e. The molecule has 144 valence electrons. The van der Waals surface area contributed by atoms with E-state index in [-0.39, 0.29) is 11.8 Å². The highest BCUT2D eigenvalue weighted by Gasteiger charge is 2.11. The minimum absolute atomic E-state index is 0.0585. The van der Waals surface area contributed by atoms with Crippen molar-refractivity contribution in [2.45, 2.75) is 39.7 Å². The highest BCUT2D eigenvalue weighted by molar-refractivity contribution is 5.79. The van der Waals surface area contributed by atoms with Crippen LogP contribution < -0.4 is 10.1 Å². The Labute approximate surface area is 161 Å². The average molecular weight is 368 g/mol. The highest BCUT2D eigenvalue weighted by Crippen LogP contribution is 2.24. The zero-order chi connectivity index (χ0) is 19.5. The normalized spacial score (nSPS) is 10.3. The first-order valence-corrected chi connectivity index (χ1v) is 9.49. The van der Waals surface area contributed by atoms with Crippen LogP contribution in [-0.2, 0) is 16.1 Å². The van der Waals surface area contributed by atoms with Gasteiger partial charge in [-0.2, -0.15) is 0 Å². The Morgan fingerprint density at radius 3 is 2.30 bits per heavy atom.